The molecule has 0 unspecified atom stereocenters. The second-order valence-electron chi connectivity index (χ2n) is 6.25. The normalized spacial score (nSPS) is 21.5. The Morgan fingerprint density at radius 3 is 2.64 bits per heavy atom. The number of fused-ring (bicyclic) bond motifs is 1. The Balaban J connectivity index is 1.74. The van der Waals surface area contributed by atoms with Crippen molar-refractivity contribution < 1.29 is 9.13 Å². The molecule has 2 saturated heterocycles. The van der Waals surface area contributed by atoms with Gasteiger partial charge in [0.25, 0.3) is 0 Å². The van der Waals surface area contributed by atoms with E-state index in [0.29, 0.717) is 5.92 Å². The molecular formula is C16H21FN4O. The fourth-order valence-corrected chi connectivity index (χ4v) is 3.63. The number of imidazole rings is 1. The van der Waals surface area contributed by atoms with Crippen molar-refractivity contribution in [3.05, 3.63) is 23.4 Å². The highest BCUT2D eigenvalue weighted by molar-refractivity contribution is 5.75. The first kappa shape index (κ1) is 14.1. The van der Waals surface area contributed by atoms with Gasteiger partial charge in [0.05, 0.1) is 6.20 Å². The third-order valence-corrected chi connectivity index (χ3v) is 4.88. The molecule has 0 aliphatic carbocycles. The van der Waals surface area contributed by atoms with E-state index in [2.05, 4.69) is 15.3 Å². The molecule has 2 aliphatic rings. The lowest BCUT2D eigenvalue weighted by atomic mass is 9.90. The van der Waals surface area contributed by atoms with Crippen LogP contribution in [0.2, 0.25) is 0 Å². The summed E-state index contributed by atoms with van der Waals surface area (Å²) in [5.74, 6) is 1.32. The van der Waals surface area contributed by atoms with Crippen LogP contribution in [0.1, 0.15) is 48.9 Å². The number of piperidine rings is 1. The molecule has 0 bridgehead atoms. The van der Waals surface area contributed by atoms with E-state index in [1.54, 1.807) is 0 Å². The fraction of sp³-hybridized carbons (Fsp3) is 0.625. The van der Waals surface area contributed by atoms with Crippen molar-refractivity contribution in [1.82, 2.24) is 20.3 Å². The third-order valence-electron chi connectivity index (χ3n) is 4.88. The van der Waals surface area contributed by atoms with Crippen LogP contribution in [0.4, 0.5) is 4.39 Å². The predicted molar refractivity (Wildman–Crippen MR) is 81.5 cm³/mol. The minimum atomic E-state index is -0.218. The van der Waals surface area contributed by atoms with Crippen molar-refractivity contribution in [3.8, 4) is 0 Å². The van der Waals surface area contributed by atoms with Crippen LogP contribution in [0.3, 0.4) is 0 Å². The summed E-state index contributed by atoms with van der Waals surface area (Å²) in [6.07, 6.45) is 5.17. The van der Waals surface area contributed by atoms with Crippen LogP contribution in [0, 0.1) is 5.82 Å². The summed E-state index contributed by atoms with van der Waals surface area (Å²) in [6.45, 7) is 3.41. The summed E-state index contributed by atoms with van der Waals surface area (Å²) in [5, 5.41) is 3.33. The fourth-order valence-electron chi connectivity index (χ4n) is 3.63. The molecule has 0 spiro atoms. The van der Waals surface area contributed by atoms with Crippen molar-refractivity contribution in [2.24, 2.45) is 0 Å². The quantitative estimate of drug-likeness (QED) is 0.894. The topological polar surface area (TPSA) is 62.8 Å². The van der Waals surface area contributed by atoms with E-state index in [0.717, 1.165) is 74.5 Å². The van der Waals surface area contributed by atoms with Crippen molar-refractivity contribution in [1.29, 1.82) is 0 Å². The first-order chi connectivity index (χ1) is 10.8. The Morgan fingerprint density at radius 1 is 1.09 bits per heavy atom. The molecule has 0 amide bonds. The number of rotatable bonds is 2. The second kappa shape index (κ2) is 5.93. The lowest BCUT2D eigenvalue weighted by Gasteiger charge is -2.23. The molecule has 5 nitrogen and oxygen atoms in total. The molecule has 118 valence electrons. The number of nitrogens with zero attached hydrogens (tertiary/aromatic N) is 2. The van der Waals surface area contributed by atoms with Gasteiger partial charge in [0.15, 0.2) is 5.65 Å². The van der Waals surface area contributed by atoms with Crippen LogP contribution in [0.5, 0.6) is 0 Å². The van der Waals surface area contributed by atoms with Gasteiger partial charge in [-0.2, -0.15) is 0 Å². The van der Waals surface area contributed by atoms with E-state index >= 15 is 0 Å². The van der Waals surface area contributed by atoms with Gasteiger partial charge in [0, 0.05) is 24.7 Å². The summed E-state index contributed by atoms with van der Waals surface area (Å²) in [6, 6.07) is 0. The average Bonchev–Trinajstić information content (AvgIpc) is 3.00. The summed E-state index contributed by atoms with van der Waals surface area (Å²) in [4.78, 5) is 12.3. The molecule has 2 fully saturated rings. The van der Waals surface area contributed by atoms with Gasteiger partial charge in [-0.25, -0.2) is 14.4 Å². The van der Waals surface area contributed by atoms with Gasteiger partial charge in [-0.3, -0.25) is 0 Å². The maximum atomic E-state index is 14.4. The van der Waals surface area contributed by atoms with Gasteiger partial charge >= 0.3 is 0 Å². The number of halogens is 1. The van der Waals surface area contributed by atoms with Gasteiger partial charge < -0.3 is 15.0 Å². The number of hydrogen-bond donors (Lipinski definition) is 2. The molecule has 0 aromatic carbocycles. The van der Waals surface area contributed by atoms with E-state index < -0.39 is 0 Å². The summed E-state index contributed by atoms with van der Waals surface area (Å²) < 4.78 is 19.8. The monoisotopic (exact) mass is 304 g/mol. The van der Waals surface area contributed by atoms with Gasteiger partial charge in [0.2, 0.25) is 0 Å². The maximum absolute atomic E-state index is 14.4. The minimum absolute atomic E-state index is 0.218. The van der Waals surface area contributed by atoms with E-state index in [9.17, 15) is 4.39 Å². The Hall–Kier alpha value is -1.53. The zero-order valence-corrected chi connectivity index (χ0v) is 12.6. The Bertz CT molecular complexity index is 659. The van der Waals surface area contributed by atoms with Crippen molar-refractivity contribution in [2.45, 2.75) is 37.5 Å². The highest BCUT2D eigenvalue weighted by Crippen LogP contribution is 2.33. The van der Waals surface area contributed by atoms with E-state index in [1.165, 1.54) is 6.20 Å². The number of pyridine rings is 1. The van der Waals surface area contributed by atoms with Gasteiger partial charge in [-0.1, -0.05) is 0 Å². The molecule has 4 rings (SSSR count). The molecule has 6 heteroatoms. The number of aromatic nitrogens is 3. The van der Waals surface area contributed by atoms with Gasteiger partial charge in [0.1, 0.15) is 17.2 Å². The van der Waals surface area contributed by atoms with Crippen molar-refractivity contribution >= 4 is 11.2 Å². The van der Waals surface area contributed by atoms with E-state index in [-0.39, 0.29) is 11.7 Å². The van der Waals surface area contributed by atoms with Crippen LogP contribution in [-0.2, 0) is 4.74 Å². The van der Waals surface area contributed by atoms with Crippen molar-refractivity contribution in [3.63, 3.8) is 0 Å². The highest BCUT2D eigenvalue weighted by Gasteiger charge is 2.26. The van der Waals surface area contributed by atoms with Gasteiger partial charge in [-0.05, 0) is 44.7 Å². The third kappa shape index (κ3) is 2.50. The first-order valence-corrected chi connectivity index (χ1v) is 8.15. The smallest absolute Gasteiger partial charge is 0.157 e. The van der Waals surface area contributed by atoms with E-state index in [4.69, 9.17) is 9.72 Å². The number of nitrogens with one attached hydrogen (secondary N) is 2. The van der Waals surface area contributed by atoms with Crippen LogP contribution in [0.15, 0.2) is 6.20 Å². The predicted octanol–water partition coefficient (Wildman–Crippen LogP) is 2.46. The summed E-state index contributed by atoms with van der Waals surface area (Å²) in [5.41, 5.74) is 2.20. The maximum Gasteiger partial charge on any atom is 0.157 e. The SMILES string of the molecule is Fc1cnc2[nH]c(C3CCOCC3)nc2c1C1CCNCC1. The first-order valence-electron chi connectivity index (χ1n) is 8.15. The molecule has 2 aromatic heterocycles. The Morgan fingerprint density at radius 2 is 1.86 bits per heavy atom. The molecule has 2 N–H and O–H groups in total. The molecule has 2 aliphatic heterocycles. The standard InChI is InChI=1S/C16H21FN4O/c17-12-9-19-16-14(13(12)10-1-5-18-6-2-10)20-15(21-16)11-3-7-22-8-4-11/h9-11,18H,1-8H2,(H,19,20,21). The van der Waals surface area contributed by atoms with Gasteiger partial charge in [-0.15, -0.1) is 0 Å². The largest absolute Gasteiger partial charge is 0.381 e. The highest BCUT2D eigenvalue weighted by atomic mass is 19.1. The zero-order chi connectivity index (χ0) is 14.9. The van der Waals surface area contributed by atoms with Crippen LogP contribution < -0.4 is 5.32 Å². The molecule has 0 atom stereocenters. The lowest BCUT2D eigenvalue weighted by Crippen LogP contribution is -2.27. The molecular weight excluding hydrogens is 283 g/mol. The number of ether oxygens (including phenoxy) is 1. The molecule has 4 heterocycles. The minimum Gasteiger partial charge on any atom is -0.381 e. The Kier molecular flexibility index (Phi) is 3.80. The van der Waals surface area contributed by atoms with Crippen molar-refractivity contribution in [2.75, 3.05) is 26.3 Å². The zero-order valence-electron chi connectivity index (χ0n) is 12.6. The summed E-state index contributed by atoms with van der Waals surface area (Å²) in [7, 11) is 0. The molecule has 0 radical (unpaired) electrons. The summed E-state index contributed by atoms with van der Waals surface area (Å²) >= 11 is 0. The van der Waals surface area contributed by atoms with E-state index in [1.807, 2.05) is 0 Å². The second-order valence-corrected chi connectivity index (χ2v) is 6.25. The Labute approximate surface area is 128 Å². The molecule has 0 saturated carbocycles. The van der Waals surface area contributed by atoms with Crippen LogP contribution in [0.25, 0.3) is 11.2 Å². The number of H-pyrrole nitrogens is 1. The van der Waals surface area contributed by atoms with Crippen LogP contribution in [-0.4, -0.2) is 41.3 Å². The average molecular weight is 304 g/mol. The lowest BCUT2D eigenvalue weighted by molar-refractivity contribution is 0.0838. The molecule has 2 aromatic rings. The number of aromatic amines is 1. The van der Waals surface area contributed by atoms with Crippen LogP contribution >= 0.6 is 0 Å². The number of hydrogen-bond acceptors (Lipinski definition) is 4. The molecule has 22 heavy (non-hydrogen) atoms.